The summed E-state index contributed by atoms with van der Waals surface area (Å²) in [7, 11) is 1.63. The van der Waals surface area contributed by atoms with E-state index in [1.807, 2.05) is 26.8 Å². The van der Waals surface area contributed by atoms with Crippen LogP contribution in [-0.2, 0) is 11.3 Å². The maximum atomic E-state index is 12.2. The number of aryl methyl sites for hydroxylation is 2. The molecule has 0 aliphatic heterocycles. The molecule has 1 atom stereocenters. The summed E-state index contributed by atoms with van der Waals surface area (Å²) in [4.78, 5) is 12.2. The van der Waals surface area contributed by atoms with Crippen molar-refractivity contribution in [2.45, 2.75) is 33.4 Å². The summed E-state index contributed by atoms with van der Waals surface area (Å²) in [5, 5.41) is 0. The zero-order chi connectivity index (χ0) is 12.3. The molecule has 0 saturated heterocycles. The first kappa shape index (κ1) is 12.9. The maximum Gasteiger partial charge on any atom is 0.255 e. The number of aromatic nitrogens is 1. The van der Waals surface area contributed by atoms with Crippen molar-refractivity contribution in [2.24, 2.45) is 5.73 Å². The molecule has 2 N–H and O–H groups in total. The third-order valence-electron chi connectivity index (χ3n) is 2.73. The minimum Gasteiger partial charge on any atom is -0.383 e. The molecule has 0 bridgehead atoms. The van der Waals surface area contributed by atoms with Gasteiger partial charge < -0.3 is 15.0 Å². The molecule has 1 rings (SSSR count). The molecule has 4 heteroatoms. The number of hydrogen-bond acceptors (Lipinski definition) is 3. The number of rotatable bonds is 4. The molecule has 0 aromatic carbocycles. The van der Waals surface area contributed by atoms with Gasteiger partial charge in [0.15, 0.2) is 0 Å². The Morgan fingerprint density at radius 1 is 1.50 bits per heavy atom. The number of nitrogens with zero attached hydrogens (tertiary/aromatic N) is 1. The summed E-state index contributed by atoms with van der Waals surface area (Å²) < 4.78 is 6.71. The lowest BCUT2D eigenvalue weighted by molar-refractivity contribution is 0.185. The molecule has 0 aliphatic rings. The molecular formula is C12H20N2O2. The van der Waals surface area contributed by atoms with Crippen LogP contribution in [0.15, 0.2) is 10.9 Å². The summed E-state index contributed by atoms with van der Waals surface area (Å²) in [6, 6.07) is 1.76. The van der Waals surface area contributed by atoms with Crippen molar-refractivity contribution >= 4 is 0 Å². The third-order valence-corrected chi connectivity index (χ3v) is 2.73. The van der Waals surface area contributed by atoms with Crippen molar-refractivity contribution in [1.82, 2.24) is 4.57 Å². The molecule has 1 aromatic heterocycles. The van der Waals surface area contributed by atoms with Crippen molar-refractivity contribution in [3.63, 3.8) is 0 Å². The van der Waals surface area contributed by atoms with Crippen LogP contribution in [0.4, 0.5) is 0 Å². The van der Waals surface area contributed by atoms with Crippen LogP contribution in [0, 0.1) is 13.8 Å². The van der Waals surface area contributed by atoms with Crippen molar-refractivity contribution in [1.29, 1.82) is 0 Å². The zero-order valence-corrected chi connectivity index (χ0v) is 10.4. The standard InChI is InChI=1S/C12H20N2O2/c1-8-7-9(2)14(5-6-16-4)12(15)11(8)10(3)13/h7,10H,5-6,13H2,1-4H3. The molecule has 0 aliphatic carbocycles. The van der Waals surface area contributed by atoms with Gasteiger partial charge in [0.2, 0.25) is 0 Å². The molecule has 0 fully saturated rings. The van der Waals surface area contributed by atoms with Gasteiger partial charge in [0, 0.05) is 31.0 Å². The molecule has 0 saturated carbocycles. The highest BCUT2D eigenvalue weighted by Gasteiger charge is 2.13. The van der Waals surface area contributed by atoms with E-state index >= 15 is 0 Å². The molecule has 1 aromatic rings. The van der Waals surface area contributed by atoms with Crippen molar-refractivity contribution in [3.8, 4) is 0 Å². The SMILES string of the molecule is COCCn1c(C)cc(C)c(C(C)N)c1=O. The fourth-order valence-electron chi connectivity index (χ4n) is 1.96. The van der Waals surface area contributed by atoms with Crippen LogP contribution in [0.2, 0.25) is 0 Å². The molecule has 4 nitrogen and oxygen atoms in total. The highest BCUT2D eigenvalue weighted by molar-refractivity contribution is 5.28. The van der Waals surface area contributed by atoms with E-state index in [2.05, 4.69) is 0 Å². The Kier molecular flexibility index (Phi) is 4.26. The maximum absolute atomic E-state index is 12.2. The predicted molar refractivity (Wildman–Crippen MR) is 64.7 cm³/mol. The van der Waals surface area contributed by atoms with Crippen LogP contribution in [0.3, 0.4) is 0 Å². The van der Waals surface area contributed by atoms with Gasteiger partial charge in [-0.05, 0) is 32.4 Å². The van der Waals surface area contributed by atoms with Gasteiger partial charge in [0.25, 0.3) is 5.56 Å². The molecule has 1 heterocycles. The Balaban J connectivity index is 3.28. The van der Waals surface area contributed by atoms with Gasteiger partial charge in [0.1, 0.15) is 0 Å². The number of methoxy groups -OCH3 is 1. The molecule has 0 radical (unpaired) electrons. The summed E-state index contributed by atoms with van der Waals surface area (Å²) in [5.41, 5.74) is 8.43. The first-order valence-electron chi connectivity index (χ1n) is 5.44. The van der Waals surface area contributed by atoms with Crippen LogP contribution >= 0.6 is 0 Å². The fourth-order valence-corrected chi connectivity index (χ4v) is 1.96. The Hall–Kier alpha value is -1.13. The first-order valence-corrected chi connectivity index (χ1v) is 5.44. The van der Waals surface area contributed by atoms with Gasteiger partial charge in [-0.25, -0.2) is 0 Å². The van der Waals surface area contributed by atoms with E-state index in [1.165, 1.54) is 0 Å². The van der Waals surface area contributed by atoms with E-state index < -0.39 is 0 Å². The number of pyridine rings is 1. The number of hydrogen-bond donors (Lipinski definition) is 1. The van der Waals surface area contributed by atoms with Crippen LogP contribution in [0.5, 0.6) is 0 Å². The number of nitrogens with two attached hydrogens (primary N) is 1. The van der Waals surface area contributed by atoms with Crippen LogP contribution in [0.25, 0.3) is 0 Å². The van der Waals surface area contributed by atoms with Crippen molar-refractivity contribution in [2.75, 3.05) is 13.7 Å². The van der Waals surface area contributed by atoms with Gasteiger partial charge in [-0.2, -0.15) is 0 Å². The Morgan fingerprint density at radius 3 is 2.62 bits per heavy atom. The quantitative estimate of drug-likeness (QED) is 0.834. The first-order chi connectivity index (χ1) is 7.49. The van der Waals surface area contributed by atoms with Crippen molar-refractivity contribution in [3.05, 3.63) is 33.2 Å². The average molecular weight is 224 g/mol. The fraction of sp³-hybridized carbons (Fsp3) is 0.583. The van der Waals surface area contributed by atoms with Crippen LogP contribution in [0.1, 0.15) is 29.8 Å². The Bertz CT molecular complexity index is 422. The summed E-state index contributed by atoms with van der Waals surface area (Å²) >= 11 is 0. The topological polar surface area (TPSA) is 57.2 Å². The third kappa shape index (κ3) is 2.51. The van der Waals surface area contributed by atoms with E-state index in [4.69, 9.17) is 10.5 Å². The molecular weight excluding hydrogens is 204 g/mol. The van der Waals surface area contributed by atoms with Gasteiger partial charge in [-0.15, -0.1) is 0 Å². The predicted octanol–water partition coefficient (Wildman–Crippen LogP) is 1.13. The van der Waals surface area contributed by atoms with Crippen molar-refractivity contribution < 1.29 is 4.74 Å². The molecule has 0 amide bonds. The highest BCUT2D eigenvalue weighted by atomic mass is 16.5. The minimum atomic E-state index is -0.234. The number of ether oxygens (including phenoxy) is 1. The summed E-state index contributed by atoms with van der Waals surface area (Å²) in [6.45, 7) is 6.78. The smallest absolute Gasteiger partial charge is 0.255 e. The van der Waals surface area contributed by atoms with Gasteiger partial charge in [-0.3, -0.25) is 4.79 Å². The van der Waals surface area contributed by atoms with E-state index in [1.54, 1.807) is 11.7 Å². The average Bonchev–Trinajstić information content (AvgIpc) is 2.16. The van der Waals surface area contributed by atoms with E-state index in [9.17, 15) is 4.79 Å². The molecule has 16 heavy (non-hydrogen) atoms. The van der Waals surface area contributed by atoms with E-state index in [0.717, 1.165) is 11.3 Å². The second kappa shape index (κ2) is 5.27. The molecule has 1 unspecified atom stereocenters. The monoisotopic (exact) mass is 224 g/mol. The summed E-state index contributed by atoms with van der Waals surface area (Å²) in [5.74, 6) is 0. The van der Waals surface area contributed by atoms with Gasteiger partial charge in [-0.1, -0.05) is 0 Å². The Morgan fingerprint density at radius 2 is 2.12 bits per heavy atom. The van der Waals surface area contributed by atoms with Gasteiger partial charge >= 0.3 is 0 Å². The second-order valence-electron chi connectivity index (χ2n) is 4.12. The molecule has 0 spiro atoms. The molecule has 90 valence electrons. The Labute approximate surface area is 96.0 Å². The lowest BCUT2D eigenvalue weighted by Crippen LogP contribution is -2.31. The zero-order valence-electron chi connectivity index (χ0n) is 10.4. The minimum absolute atomic E-state index is 0.00421. The second-order valence-corrected chi connectivity index (χ2v) is 4.12. The van der Waals surface area contributed by atoms with Gasteiger partial charge in [0.05, 0.1) is 6.61 Å². The van der Waals surface area contributed by atoms with Crippen LogP contribution < -0.4 is 11.3 Å². The lowest BCUT2D eigenvalue weighted by atomic mass is 10.0. The highest BCUT2D eigenvalue weighted by Crippen LogP contribution is 2.12. The largest absolute Gasteiger partial charge is 0.383 e. The van der Waals surface area contributed by atoms with E-state index in [0.29, 0.717) is 18.7 Å². The van der Waals surface area contributed by atoms with E-state index in [-0.39, 0.29) is 11.6 Å². The lowest BCUT2D eigenvalue weighted by Gasteiger charge is -2.15. The summed E-state index contributed by atoms with van der Waals surface area (Å²) in [6.07, 6.45) is 0. The van der Waals surface area contributed by atoms with Crippen LogP contribution in [-0.4, -0.2) is 18.3 Å². The normalized spacial score (nSPS) is 12.8.